The number of hydrogen-bond acceptors (Lipinski definition) is 4. The van der Waals surface area contributed by atoms with Crippen LogP contribution in [0.1, 0.15) is 42.9 Å². The van der Waals surface area contributed by atoms with Gasteiger partial charge in [0.05, 0.1) is 11.7 Å². The molecule has 2 atom stereocenters. The van der Waals surface area contributed by atoms with Gasteiger partial charge in [0.25, 0.3) is 0 Å². The fourth-order valence-electron chi connectivity index (χ4n) is 2.37. The maximum Gasteiger partial charge on any atom is 0.110 e. The molecular weight excluding hydrogens is 230 g/mol. The van der Waals surface area contributed by atoms with Gasteiger partial charge in [0.2, 0.25) is 0 Å². The molecule has 4 heteroatoms. The van der Waals surface area contributed by atoms with E-state index in [0.29, 0.717) is 12.1 Å². The van der Waals surface area contributed by atoms with Crippen molar-refractivity contribution >= 4 is 11.3 Å². The summed E-state index contributed by atoms with van der Waals surface area (Å²) < 4.78 is 0. The smallest absolute Gasteiger partial charge is 0.110 e. The van der Waals surface area contributed by atoms with Gasteiger partial charge in [-0.2, -0.15) is 0 Å². The number of nitrogens with zero attached hydrogens (tertiary/aromatic N) is 2. The molecule has 1 aliphatic rings. The van der Waals surface area contributed by atoms with E-state index in [1.807, 2.05) is 18.4 Å². The average Bonchev–Trinajstić information content (AvgIpc) is 2.78. The summed E-state index contributed by atoms with van der Waals surface area (Å²) >= 11 is 1.83. The Balaban J connectivity index is 2.01. The molecule has 0 spiro atoms. The highest BCUT2D eigenvalue weighted by atomic mass is 32.1. The van der Waals surface area contributed by atoms with Crippen LogP contribution in [0.25, 0.3) is 0 Å². The normalized spacial score (nSPS) is 23.8. The molecule has 0 aliphatic carbocycles. The first kappa shape index (κ1) is 13.0. The van der Waals surface area contributed by atoms with Crippen molar-refractivity contribution in [3.63, 3.8) is 0 Å². The van der Waals surface area contributed by atoms with Crippen LogP contribution in [0.3, 0.4) is 0 Å². The lowest BCUT2D eigenvalue weighted by molar-refractivity contribution is 0.187. The van der Waals surface area contributed by atoms with Crippen LogP contribution >= 0.6 is 11.3 Å². The molecule has 2 heterocycles. The van der Waals surface area contributed by atoms with Crippen molar-refractivity contribution in [2.24, 2.45) is 0 Å². The minimum Gasteiger partial charge on any atom is -0.317 e. The van der Waals surface area contributed by atoms with Crippen LogP contribution < -0.4 is 5.32 Å². The molecule has 0 saturated carbocycles. The fourth-order valence-corrected chi connectivity index (χ4v) is 3.40. The van der Waals surface area contributed by atoms with E-state index in [0.717, 1.165) is 6.42 Å². The van der Waals surface area contributed by atoms with Crippen LogP contribution in [-0.4, -0.2) is 36.6 Å². The molecule has 2 unspecified atom stereocenters. The first-order chi connectivity index (χ1) is 8.20. The number of likely N-dealkylation sites (tertiary alicyclic amines) is 1. The summed E-state index contributed by atoms with van der Waals surface area (Å²) in [5.41, 5.74) is 1.24. The number of aromatic nitrogens is 1. The van der Waals surface area contributed by atoms with Gasteiger partial charge in [-0.15, -0.1) is 11.3 Å². The number of likely N-dealkylation sites (N-methyl/N-ethyl adjacent to an activating group) is 1. The van der Waals surface area contributed by atoms with E-state index in [1.54, 1.807) is 0 Å². The van der Waals surface area contributed by atoms with E-state index >= 15 is 0 Å². The van der Waals surface area contributed by atoms with E-state index < -0.39 is 0 Å². The summed E-state index contributed by atoms with van der Waals surface area (Å²) in [5.74, 6) is 0. The maximum atomic E-state index is 4.81. The molecule has 1 aliphatic heterocycles. The highest BCUT2D eigenvalue weighted by Gasteiger charge is 2.23. The number of hydrogen-bond donors (Lipinski definition) is 1. The molecule has 96 valence electrons. The maximum absolute atomic E-state index is 4.81. The molecule has 1 aromatic heterocycles. The lowest BCUT2D eigenvalue weighted by atomic mass is 10.0. The Kier molecular flexibility index (Phi) is 4.54. The molecule has 1 saturated heterocycles. The number of piperidine rings is 1. The molecule has 0 aromatic carbocycles. The zero-order chi connectivity index (χ0) is 12.3. The quantitative estimate of drug-likeness (QED) is 0.893. The third-order valence-corrected chi connectivity index (χ3v) is 4.63. The summed E-state index contributed by atoms with van der Waals surface area (Å²) in [6, 6.07) is 1.07. The van der Waals surface area contributed by atoms with Crippen LogP contribution in [0.2, 0.25) is 0 Å². The first-order valence-electron chi connectivity index (χ1n) is 6.52. The first-order valence-corrected chi connectivity index (χ1v) is 7.40. The lowest BCUT2D eigenvalue weighted by Gasteiger charge is -2.30. The Hall–Kier alpha value is -0.450. The monoisotopic (exact) mass is 253 g/mol. The van der Waals surface area contributed by atoms with Gasteiger partial charge in [0.15, 0.2) is 0 Å². The Labute approximate surface area is 108 Å². The molecule has 0 radical (unpaired) electrons. The van der Waals surface area contributed by atoms with Crippen molar-refractivity contribution in [3.8, 4) is 0 Å². The fraction of sp³-hybridized carbons (Fsp3) is 0.769. The van der Waals surface area contributed by atoms with Gasteiger partial charge in [0, 0.05) is 17.8 Å². The highest BCUT2D eigenvalue weighted by Crippen LogP contribution is 2.31. The van der Waals surface area contributed by atoms with E-state index in [1.165, 1.54) is 36.5 Å². The second kappa shape index (κ2) is 5.94. The molecule has 0 amide bonds. The van der Waals surface area contributed by atoms with Gasteiger partial charge < -0.3 is 5.32 Å². The van der Waals surface area contributed by atoms with Gasteiger partial charge in [-0.05, 0) is 40.4 Å². The Bertz CT molecular complexity index is 350. The molecular formula is C13H23N3S. The highest BCUT2D eigenvalue weighted by molar-refractivity contribution is 7.09. The Morgan fingerprint density at radius 3 is 3.12 bits per heavy atom. The SMILES string of the molecule is CNC(C)Cc1csc(C2CCCCN2C)n1. The predicted octanol–water partition coefficient (Wildman–Crippen LogP) is 2.45. The summed E-state index contributed by atoms with van der Waals surface area (Å²) in [5, 5.41) is 6.80. The lowest BCUT2D eigenvalue weighted by Crippen LogP contribution is -2.29. The van der Waals surface area contributed by atoms with E-state index in [9.17, 15) is 0 Å². The summed E-state index contributed by atoms with van der Waals surface area (Å²) in [6.45, 7) is 3.41. The molecule has 1 fully saturated rings. The standard InChI is InChI=1S/C13H23N3S/c1-10(14-2)8-11-9-17-13(15-11)12-6-4-5-7-16(12)3/h9-10,12,14H,4-8H2,1-3H3. The third kappa shape index (κ3) is 3.27. The average molecular weight is 253 g/mol. The van der Waals surface area contributed by atoms with Crippen LogP contribution in [0.15, 0.2) is 5.38 Å². The van der Waals surface area contributed by atoms with Crippen molar-refractivity contribution in [1.29, 1.82) is 0 Å². The molecule has 3 nitrogen and oxygen atoms in total. The summed E-state index contributed by atoms with van der Waals surface area (Å²) in [4.78, 5) is 7.26. The largest absolute Gasteiger partial charge is 0.317 e. The van der Waals surface area contributed by atoms with E-state index in [-0.39, 0.29) is 0 Å². The Morgan fingerprint density at radius 1 is 1.59 bits per heavy atom. The van der Waals surface area contributed by atoms with Crippen LogP contribution in [0, 0.1) is 0 Å². The third-order valence-electron chi connectivity index (χ3n) is 3.63. The number of nitrogens with one attached hydrogen (secondary N) is 1. The van der Waals surface area contributed by atoms with Crippen molar-refractivity contribution in [3.05, 3.63) is 16.1 Å². The number of thiazole rings is 1. The van der Waals surface area contributed by atoms with Gasteiger partial charge >= 0.3 is 0 Å². The van der Waals surface area contributed by atoms with E-state index in [4.69, 9.17) is 4.98 Å². The van der Waals surface area contributed by atoms with Crippen molar-refractivity contribution in [2.75, 3.05) is 20.6 Å². The van der Waals surface area contributed by atoms with Crippen LogP contribution in [-0.2, 0) is 6.42 Å². The van der Waals surface area contributed by atoms with Crippen molar-refractivity contribution < 1.29 is 0 Å². The van der Waals surface area contributed by atoms with Crippen LogP contribution in [0.5, 0.6) is 0 Å². The Morgan fingerprint density at radius 2 is 2.41 bits per heavy atom. The van der Waals surface area contributed by atoms with Gasteiger partial charge in [-0.3, -0.25) is 4.90 Å². The van der Waals surface area contributed by atoms with Crippen LogP contribution in [0.4, 0.5) is 0 Å². The minimum atomic E-state index is 0.508. The zero-order valence-corrected chi connectivity index (χ0v) is 11.9. The second-order valence-electron chi connectivity index (χ2n) is 5.06. The van der Waals surface area contributed by atoms with Crippen molar-refractivity contribution in [1.82, 2.24) is 15.2 Å². The summed E-state index contributed by atoms with van der Waals surface area (Å²) in [6.07, 6.45) is 4.98. The van der Waals surface area contributed by atoms with Gasteiger partial charge in [-0.25, -0.2) is 4.98 Å². The molecule has 0 bridgehead atoms. The molecule has 2 rings (SSSR count). The van der Waals surface area contributed by atoms with E-state index in [2.05, 4.69) is 29.6 Å². The molecule has 17 heavy (non-hydrogen) atoms. The second-order valence-corrected chi connectivity index (χ2v) is 5.95. The van der Waals surface area contributed by atoms with Crippen molar-refractivity contribution in [2.45, 2.75) is 44.7 Å². The zero-order valence-electron chi connectivity index (χ0n) is 11.1. The van der Waals surface area contributed by atoms with Gasteiger partial charge in [0.1, 0.15) is 5.01 Å². The molecule has 1 N–H and O–H groups in total. The molecule has 1 aromatic rings. The summed E-state index contributed by atoms with van der Waals surface area (Å²) in [7, 11) is 4.23. The minimum absolute atomic E-state index is 0.508. The van der Waals surface area contributed by atoms with Gasteiger partial charge in [-0.1, -0.05) is 6.42 Å². The topological polar surface area (TPSA) is 28.2 Å². The number of rotatable bonds is 4. The predicted molar refractivity (Wildman–Crippen MR) is 73.6 cm³/mol.